The summed E-state index contributed by atoms with van der Waals surface area (Å²) in [4.78, 5) is 14.7. The molecule has 3 saturated heterocycles. The molecule has 3 rings (SSSR count). The molecule has 3 fully saturated rings. The van der Waals surface area contributed by atoms with E-state index in [0.29, 0.717) is 5.41 Å². The zero-order valence-corrected chi connectivity index (χ0v) is 11.9. The van der Waals surface area contributed by atoms with Crippen LogP contribution in [0.2, 0.25) is 0 Å². The summed E-state index contributed by atoms with van der Waals surface area (Å²) in [5.41, 5.74) is 0.448. The van der Waals surface area contributed by atoms with Crippen molar-refractivity contribution in [2.24, 2.45) is 5.41 Å². The third-order valence-corrected chi connectivity index (χ3v) is 5.20. The van der Waals surface area contributed by atoms with Crippen LogP contribution in [0.1, 0.15) is 44.9 Å². The number of nitrogens with one attached hydrogen (secondary N) is 2. The SMILES string of the molecule is O=C1NCCCCC1N1CCCC2(CCCNC2)C1. The zero-order chi connectivity index (χ0) is 13.1. The minimum atomic E-state index is 0.140. The van der Waals surface area contributed by atoms with Crippen molar-refractivity contribution < 1.29 is 4.79 Å². The van der Waals surface area contributed by atoms with Gasteiger partial charge >= 0.3 is 0 Å². The highest BCUT2D eigenvalue weighted by Gasteiger charge is 2.40. The molecule has 0 bridgehead atoms. The molecule has 1 amide bonds. The van der Waals surface area contributed by atoms with E-state index in [-0.39, 0.29) is 11.9 Å². The van der Waals surface area contributed by atoms with Gasteiger partial charge in [-0.25, -0.2) is 0 Å². The van der Waals surface area contributed by atoms with Gasteiger partial charge in [0, 0.05) is 19.6 Å². The fraction of sp³-hybridized carbons (Fsp3) is 0.933. The lowest BCUT2D eigenvalue weighted by Gasteiger charge is -2.47. The average molecular weight is 265 g/mol. The van der Waals surface area contributed by atoms with Crippen LogP contribution < -0.4 is 10.6 Å². The summed E-state index contributed by atoms with van der Waals surface area (Å²) in [6.07, 6.45) is 8.61. The second-order valence-electron chi connectivity index (χ2n) is 6.66. The first kappa shape index (κ1) is 13.4. The van der Waals surface area contributed by atoms with E-state index in [1.54, 1.807) is 0 Å². The Morgan fingerprint density at radius 3 is 2.84 bits per heavy atom. The third kappa shape index (κ3) is 2.95. The van der Waals surface area contributed by atoms with Crippen LogP contribution >= 0.6 is 0 Å². The molecule has 0 saturated carbocycles. The van der Waals surface area contributed by atoms with Gasteiger partial charge in [0.25, 0.3) is 0 Å². The van der Waals surface area contributed by atoms with Crippen LogP contribution in [-0.4, -0.2) is 49.6 Å². The molecule has 4 heteroatoms. The standard InChI is InChI=1S/C15H27N3O/c19-14-13(5-1-2-9-17-14)18-10-4-7-15(12-18)6-3-8-16-11-15/h13,16H,1-12H2,(H,17,19). The van der Waals surface area contributed by atoms with Crippen molar-refractivity contribution in [1.82, 2.24) is 15.5 Å². The molecule has 2 N–H and O–H groups in total. The summed E-state index contributed by atoms with van der Waals surface area (Å²) in [6, 6.07) is 0.140. The first-order valence-electron chi connectivity index (χ1n) is 8.02. The molecule has 0 aliphatic carbocycles. The third-order valence-electron chi connectivity index (χ3n) is 5.20. The van der Waals surface area contributed by atoms with Gasteiger partial charge in [0.15, 0.2) is 0 Å². The molecule has 0 aromatic carbocycles. The lowest BCUT2D eigenvalue weighted by atomic mass is 9.74. The quantitative estimate of drug-likeness (QED) is 0.747. The van der Waals surface area contributed by atoms with Gasteiger partial charge in [0.05, 0.1) is 6.04 Å². The minimum absolute atomic E-state index is 0.140. The largest absolute Gasteiger partial charge is 0.355 e. The van der Waals surface area contributed by atoms with Crippen molar-refractivity contribution in [3.05, 3.63) is 0 Å². The van der Waals surface area contributed by atoms with E-state index in [2.05, 4.69) is 15.5 Å². The maximum Gasteiger partial charge on any atom is 0.237 e. The molecular weight excluding hydrogens is 238 g/mol. The summed E-state index contributed by atoms with van der Waals surface area (Å²) < 4.78 is 0. The number of likely N-dealkylation sites (tertiary alicyclic amines) is 1. The van der Waals surface area contributed by atoms with Crippen LogP contribution in [0.15, 0.2) is 0 Å². The number of piperidine rings is 2. The zero-order valence-electron chi connectivity index (χ0n) is 11.9. The van der Waals surface area contributed by atoms with E-state index in [9.17, 15) is 4.79 Å². The Labute approximate surface area is 116 Å². The molecule has 0 radical (unpaired) electrons. The van der Waals surface area contributed by atoms with Gasteiger partial charge < -0.3 is 10.6 Å². The number of carbonyl (C=O) groups is 1. The second kappa shape index (κ2) is 5.80. The number of nitrogens with zero attached hydrogens (tertiary/aromatic N) is 1. The van der Waals surface area contributed by atoms with E-state index >= 15 is 0 Å². The van der Waals surface area contributed by atoms with Crippen LogP contribution in [-0.2, 0) is 4.79 Å². The Bertz CT molecular complexity index is 320. The van der Waals surface area contributed by atoms with Crippen LogP contribution in [0.5, 0.6) is 0 Å². The number of amides is 1. The van der Waals surface area contributed by atoms with Crippen molar-refractivity contribution in [2.75, 3.05) is 32.7 Å². The molecule has 4 nitrogen and oxygen atoms in total. The number of carbonyl (C=O) groups excluding carboxylic acids is 1. The van der Waals surface area contributed by atoms with E-state index in [0.717, 1.165) is 39.0 Å². The molecule has 3 heterocycles. The fourth-order valence-electron chi connectivity index (χ4n) is 4.16. The van der Waals surface area contributed by atoms with Gasteiger partial charge in [-0.05, 0) is 63.5 Å². The Kier molecular flexibility index (Phi) is 4.08. The van der Waals surface area contributed by atoms with Crippen molar-refractivity contribution >= 4 is 5.91 Å². The maximum atomic E-state index is 12.2. The molecule has 2 atom stereocenters. The highest BCUT2D eigenvalue weighted by molar-refractivity contribution is 5.81. The molecule has 108 valence electrons. The number of hydrogen-bond acceptors (Lipinski definition) is 3. The summed E-state index contributed by atoms with van der Waals surface area (Å²) in [5, 5.41) is 6.65. The topological polar surface area (TPSA) is 44.4 Å². The summed E-state index contributed by atoms with van der Waals surface area (Å²) in [5.74, 6) is 0.276. The number of hydrogen-bond donors (Lipinski definition) is 2. The van der Waals surface area contributed by atoms with Gasteiger partial charge in [0.2, 0.25) is 5.91 Å². The Morgan fingerprint density at radius 1 is 1.11 bits per heavy atom. The van der Waals surface area contributed by atoms with Gasteiger partial charge in [-0.3, -0.25) is 9.69 Å². The normalized spacial score (nSPS) is 37.9. The lowest BCUT2D eigenvalue weighted by Crippen LogP contribution is -2.56. The van der Waals surface area contributed by atoms with Gasteiger partial charge in [-0.1, -0.05) is 0 Å². The summed E-state index contributed by atoms with van der Waals surface area (Å²) >= 11 is 0. The van der Waals surface area contributed by atoms with Crippen LogP contribution in [0.4, 0.5) is 0 Å². The molecule has 0 aromatic heterocycles. The van der Waals surface area contributed by atoms with E-state index in [4.69, 9.17) is 0 Å². The van der Waals surface area contributed by atoms with Crippen LogP contribution in [0.3, 0.4) is 0 Å². The molecular formula is C15H27N3O. The number of rotatable bonds is 1. The molecule has 1 spiro atoms. The predicted molar refractivity (Wildman–Crippen MR) is 76.0 cm³/mol. The Morgan fingerprint density at radius 2 is 2.00 bits per heavy atom. The minimum Gasteiger partial charge on any atom is -0.355 e. The predicted octanol–water partition coefficient (Wildman–Crippen LogP) is 1.12. The van der Waals surface area contributed by atoms with Crippen molar-refractivity contribution in [3.8, 4) is 0 Å². The summed E-state index contributed by atoms with van der Waals surface area (Å²) in [7, 11) is 0. The molecule has 0 aromatic rings. The molecule has 3 aliphatic heterocycles. The fourth-order valence-corrected chi connectivity index (χ4v) is 4.16. The first-order chi connectivity index (χ1) is 9.29. The van der Waals surface area contributed by atoms with Crippen molar-refractivity contribution in [1.29, 1.82) is 0 Å². The van der Waals surface area contributed by atoms with E-state index in [1.807, 2.05) is 0 Å². The van der Waals surface area contributed by atoms with Gasteiger partial charge in [0.1, 0.15) is 0 Å². The van der Waals surface area contributed by atoms with Crippen molar-refractivity contribution in [2.45, 2.75) is 51.0 Å². The molecule has 2 unspecified atom stereocenters. The molecule has 3 aliphatic rings. The average Bonchev–Trinajstić information content (AvgIpc) is 2.64. The van der Waals surface area contributed by atoms with Gasteiger partial charge in [-0.2, -0.15) is 0 Å². The lowest BCUT2D eigenvalue weighted by molar-refractivity contribution is -0.127. The Balaban J connectivity index is 1.68. The van der Waals surface area contributed by atoms with Crippen LogP contribution in [0.25, 0.3) is 0 Å². The Hall–Kier alpha value is -0.610. The molecule has 19 heavy (non-hydrogen) atoms. The van der Waals surface area contributed by atoms with Crippen LogP contribution in [0, 0.1) is 5.41 Å². The van der Waals surface area contributed by atoms with E-state index in [1.165, 1.54) is 38.6 Å². The van der Waals surface area contributed by atoms with Crippen molar-refractivity contribution in [3.63, 3.8) is 0 Å². The first-order valence-corrected chi connectivity index (χ1v) is 8.02. The summed E-state index contributed by atoms with van der Waals surface area (Å²) in [6.45, 7) is 5.43. The maximum absolute atomic E-state index is 12.2. The second-order valence-corrected chi connectivity index (χ2v) is 6.66. The smallest absolute Gasteiger partial charge is 0.237 e. The highest BCUT2D eigenvalue weighted by Crippen LogP contribution is 2.37. The van der Waals surface area contributed by atoms with Gasteiger partial charge in [-0.15, -0.1) is 0 Å². The van der Waals surface area contributed by atoms with E-state index < -0.39 is 0 Å². The highest BCUT2D eigenvalue weighted by atomic mass is 16.2. The monoisotopic (exact) mass is 265 g/mol.